The highest BCUT2D eigenvalue weighted by Crippen LogP contribution is 2.18. The minimum atomic E-state index is -0.716. The molecule has 0 aliphatic rings. The average Bonchev–Trinajstić information content (AvgIpc) is 2.45. The molecule has 4 heteroatoms. The van der Waals surface area contributed by atoms with E-state index in [0.29, 0.717) is 5.75 Å². The fourth-order valence-electron chi connectivity index (χ4n) is 1.84. The van der Waals surface area contributed by atoms with Crippen molar-refractivity contribution in [3.63, 3.8) is 0 Å². The summed E-state index contributed by atoms with van der Waals surface area (Å²) in [5.74, 6) is -0.239. The molecule has 1 N–H and O–H groups in total. The summed E-state index contributed by atoms with van der Waals surface area (Å²) < 4.78 is 19.1. The Hall–Kier alpha value is -2.36. The van der Waals surface area contributed by atoms with Crippen LogP contribution in [-0.2, 0) is 4.79 Å². The molecule has 0 saturated heterocycles. The normalized spacial score (nSPS) is 11.8. The van der Waals surface area contributed by atoms with Crippen molar-refractivity contribution < 1.29 is 13.9 Å². The van der Waals surface area contributed by atoms with Crippen LogP contribution in [0.5, 0.6) is 5.75 Å². The highest BCUT2D eigenvalue weighted by atomic mass is 19.1. The molecule has 0 aliphatic heterocycles. The van der Waals surface area contributed by atoms with Crippen LogP contribution in [0.2, 0.25) is 0 Å². The molecule has 2 aromatic rings. The zero-order valence-electron chi connectivity index (χ0n) is 12.3. The Morgan fingerprint density at radius 1 is 1.14 bits per heavy atom. The number of anilines is 1. The highest BCUT2D eigenvalue weighted by Gasteiger charge is 2.16. The minimum absolute atomic E-state index is 0.151. The third kappa shape index (κ3) is 3.81. The maximum absolute atomic E-state index is 13.5. The molecule has 0 bridgehead atoms. The fourth-order valence-corrected chi connectivity index (χ4v) is 1.84. The quantitative estimate of drug-likeness (QED) is 0.927. The number of aryl methyl sites for hydroxylation is 2. The number of nitrogens with one attached hydrogen (secondary N) is 1. The molecule has 3 nitrogen and oxygen atoms in total. The molecule has 0 heterocycles. The molecule has 0 radical (unpaired) electrons. The second-order valence-electron chi connectivity index (χ2n) is 4.98. The van der Waals surface area contributed by atoms with Gasteiger partial charge in [-0.15, -0.1) is 0 Å². The molecule has 0 spiro atoms. The summed E-state index contributed by atoms with van der Waals surface area (Å²) in [7, 11) is 0. The smallest absolute Gasteiger partial charge is 0.265 e. The van der Waals surface area contributed by atoms with Crippen LogP contribution in [0.1, 0.15) is 18.1 Å². The van der Waals surface area contributed by atoms with E-state index < -0.39 is 17.8 Å². The van der Waals surface area contributed by atoms with E-state index in [0.717, 1.165) is 11.1 Å². The van der Waals surface area contributed by atoms with Gasteiger partial charge in [-0.2, -0.15) is 0 Å². The number of rotatable bonds is 4. The number of ether oxygens (including phenoxy) is 1. The van der Waals surface area contributed by atoms with Gasteiger partial charge in [0.05, 0.1) is 5.69 Å². The number of hydrogen-bond acceptors (Lipinski definition) is 2. The van der Waals surface area contributed by atoms with E-state index in [2.05, 4.69) is 5.32 Å². The number of amides is 1. The molecule has 0 unspecified atom stereocenters. The van der Waals surface area contributed by atoms with Crippen molar-refractivity contribution in [3.8, 4) is 5.75 Å². The predicted octanol–water partition coefficient (Wildman–Crippen LogP) is 3.85. The highest BCUT2D eigenvalue weighted by molar-refractivity contribution is 5.94. The molecule has 0 aromatic heterocycles. The van der Waals surface area contributed by atoms with E-state index >= 15 is 0 Å². The van der Waals surface area contributed by atoms with Crippen LogP contribution in [0.4, 0.5) is 10.1 Å². The molecule has 2 aromatic carbocycles. The van der Waals surface area contributed by atoms with E-state index in [1.165, 1.54) is 12.1 Å². The second kappa shape index (κ2) is 6.39. The van der Waals surface area contributed by atoms with Gasteiger partial charge in [-0.1, -0.05) is 18.2 Å². The predicted molar refractivity (Wildman–Crippen MR) is 81.0 cm³/mol. The van der Waals surface area contributed by atoms with E-state index in [1.54, 1.807) is 19.1 Å². The lowest BCUT2D eigenvalue weighted by Gasteiger charge is -2.15. The lowest BCUT2D eigenvalue weighted by Crippen LogP contribution is -2.30. The van der Waals surface area contributed by atoms with Crippen molar-refractivity contribution in [2.45, 2.75) is 26.9 Å². The molecule has 0 aliphatic carbocycles. The van der Waals surface area contributed by atoms with E-state index in [-0.39, 0.29) is 5.69 Å². The Morgan fingerprint density at radius 2 is 1.86 bits per heavy atom. The summed E-state index contributed by atoms with van der Waals surface area (Å²) in [5, 5.41) is 2.52. The lowest BCUT2D eigenvalue weighted by atomic mass is 10.1. The molecule has 21 heavy (non-hydrogen) atoms. The number of halogens is 1. The SMILES string of the molecule is Cc1ccc(O[C@H](C)C(=O)Nc2ccccc2F)cc1C. The zero-order chi connectivity index (χ0) is 15.4. The molecule has 1 amide bonds. The number of benzene rings is 2. The summed E-state index contributed by atoms with van der Waals surface area (Å²) in [6.45, 7) is 5.62. The van der Waals surface area contributed by atoms with Crippen molar-refractivity contribution in [1.82, 2.24) is 0 Å². The van der Waals surface area contributed by atoms with Gasteiger partial charge >= 0.3 is 0 Å². The third-order valence-electron chi connectivity index (χ3n) is 3.29. The van der Waals surface area contributed by atoms with Gasteiger partial charge in [0.25, 0.3) is 5.91 Å². The van der Waals surface area contributed by atoms with Crippen LogP contribution in [0, 0.1) is 19.7 Å². The summed E-state index contributed by atoms with van der Waals surface area (Å²) in [6.07, 6.45) is -0.716. The van der Waals surface area contributed by atoms with Gasteiger partial charge < -0.3 is 10.1 Å². The van der Waals surface area contributed by atoms with Gasteiger partial charge in [0.15, 0.2) is 6.10 Å². The van der Waals surface area contributed by atoms with Crippen LogP contribution in [0.25, 0.3) is 0 Å². The van der Waals surface area contributed by atoms with Gasteiger partial charge in [0.2, 0.25) is 0 Å². The Bertz CT molecular complexity index is 655. The Morgan fingerprint density at radius 3 is 2.52 bits per heavy atom. The third-order valence-corrected chi connectivity index (χ3v) is 3.29. The molecule has 2 rings (SSSR count). The summed E-state index contributed by atoms with van der Waals surface area (Å²) in [4.78, 5) is 12.0. The topological polar surface area (TPSA) is 38.3 Å². The van der Waals surface area contributed by atoms with Crippen molar-refractivity contribution in [1.29, 1.82) is 0 Å². The zero-order valence-corrected chi connectivity index (χ0v) is 12.3. The van der Waals surface area contributed by atoms with Gasteiger partial charge in [-0.25, -0.2) is 4.39 Å². The molecular formula is C17H18FNO2. The van der Waals surface area contributed by atoms with Gasteiger partial charge in [0, 0.05) is 0 Å². The Labute approximate surface area is 123 Å². The van der Waals surface area contributed by atoms with E-state index in [4.69, 9.17) is 4.74 Å². The standard InChI is InChI=1S/C17H18FNO2/c1-11-8-9-14(10-12(11)2)21-13(3)17(20)19-16-7-5-4-6-15(16)18/h4-10,13H,1-3H3,(H,19,20)/t13-/m1/s1. The second-order valence-corrected chi connectivity index (χ2v) is 4.98. The van der Waals surface area contributed by atoms with E-state index in [1.807, 2.05) is 32.0 Å². The number of para-hydroxylation sites is 1. The van der Waals surface area contributed by atoms with Crippen molar-refractivity contribution >= 4 is 11.6 Å². The van der Waals surface area contributed by atoms with Crippen molar-refractivity contribution in [2.75, 3.05) is 5.32 Å². The Kier molecular flexibility index (Phi) is 4.58. The average molecular weight is 287 g/mol. The number of carbonyl (C=O) groups is 1. The van der Waals surface area contributed by atoms with Crippen molar-refractivity contribution in [3.05, 3.63) is 59.4 Å². The molecular weight excluding hydrogens is 269 g/mol. The number of carbonyl (C=O) groups excluding carboxylic acids is 1. The monoisotopic (exact) mass is 287 g/mol. The Balaban J connectivity index is 2.02. The first-order valence-corrected chi connectivity index (χ1v) is 6.76. The maximum Gasteiger partial charge on any atom is 0.265 e. The van der Waals surface area contributed by atoms with Gasteiger partial charge in [-0.05, 0) is 56.2 Å². The van der Waals surface area contributed by atoms with Crippen LogP contribution in [-0.4, -0.2) is 12.0 Å². The van der Waals surface area contributed by atoms with Crippen LogP contribution < -0.4 is 10.1 Å². The lowest BCUT2D eigenvalue weighted by molar-refractivity contribution is -0.122. The first kappa shape index (κ1) is 15.0. The van der Waals surface area contributed by atoms with E-state index in [9.17, 15) is 9.18 Å². The van der Waals surface area contributed by atoms with Crippen molar-refractivity contribution in [2.24, 2.45) is 0 Å². The van der Waals surface area contributed by atoms with Crippen LogP contribution in [0.15, 0.2) is 42.5 Å². The van der Waals surface area contributed by atoms with Crippen LogP contribution in [0.3, 0.4) is 0 Å². The number of hydrogen-bond donors (Lipinski definition) is 1. The molecule has 110 valence electrons. The fraction of sp³-hybridized carbons (Fsp3) is 0.235. The maximum atomic E-state index is 13.5. The molecule has 1 atom stereocenters. The molecule has 0 saturated carbocycles. The summed E-state index contributed by atoms with van der Waals surface area (Å²) in [5.41, 5.74) is 2.40. The molecule has 0 fully saturated rings. The summed E-state index contributed by atoms with van der Waals surface area (Å²) >= 11 is 0. The first-order valence-electron chi connectivity index (χ1n) is 6.76. The largest absolute Gasteiger partial charge is 0.481 e. The summed E-state index contributed by atoms with van der Waals surface area (Å²) in [6, 6.07) is 11.7. The van der Waals surface area contributed by atoms with Gasteiger partial charge in [-0.3, -0.25) is 4.79 Å². The first-order chi connectivity index (χ1) is 9.97. The minimum Gasteiger partial charge on any atom is -0.481 e. The van der Waals surface area contributed by atoms with Gasteiger partial charge in [0.1, 0.15) is 11.6 Å². The van der Waals surface area contributed by atoms with Crippen LogP contribution >= 0.6 is 0 Å².